The van der Waals surface area contributed by atoms with E-state index < -0.39 is 24.3 Å². The van der Waals surface area contributed by atoms with Crippen LogP contribution in [0.4, 0.5) is 10.1 Å². The second kappa shape index (κ2) is 8.26. The van der Waals surface area contributed by atoms with Crippen molar-refractivity contribution in [2.45, 2.75) is 6.92 Å². The molecule has 1 amide bonds. The first kappa shape index (κ1) is 19.6. The zero-order valence-corrected chi connectivity index (χ0v) is 16.3. The Morgan fingerprint density at radius 3 is 2.61 bits per heavy atom. The van der Waals surface area contributed by atoms with Gasteiger partial charge in [-0.15, -0.1) is 11.3 Å². The van der Waals surface area contributed by atoms with Gasteiger partial charge in [0.1, 0.15) is 22.2 Å². The van der Waals surface area contributed by atoms with Crippen molar-refractivity contribution in [3.63, 3.8) is 0 Å². The highest BCUT2D eigenvalue weighted by Crippen LogP contribution is 2.33. The topological polar surface area (TPSA) is 73.9 Å². The number of ether oxygens (including phenoxy) is 3. The molecule has 0 atom stereocenters. The van der Waals surface area contributed by atoms with Gasteiger partial charge in [-0.1, -0.05) is 6.07 Å². The van der Waals surface area contributed by atoms with Crippen LogP contribution in [0.2, 0.25) is 0 Å². The molecular formula is C20H18FNO5S. The third-order valence-corrected chi connectivity index (χ3v) is 5.34. The first-order valence-corrected chi connectivity index (χ1v) is 9.13. The number of amides is 1. The van der Waals surface area contributed by atoms with Crippen LogP contribution in [0.1, 0.15) is 15.2 Å². The standard InChI is InChI=1S/C20H18FNO5S/c1-11-18-13(21)5-4-6-16(18)28-19(11)20(24)27-10-17(23)22-14-9-12(25-2)7-8-15(14)26-3/h4-9H,10H2,1-3H3,(H,22,23). The van der Waals surface area contributed by atoms with Crippen molar-refractivity contribution in [2.75, 3.05) is 26.1 Å². The van der Waals surface area contributed by atoms with Gasteiger partial charge in [0.05, 0.1) is 19.9 Å². The normalized spacial score (nSPS) is 10.6. The van der Waals surface area contributed by atoms with E-state index in [9.17, 15) is 14.0 Å². The summed E-state index contributed by atoms with van der Waals surface area (Å²) in [6.45, 7) is 1.16. The number of hydrogen-bond donors (Lipinski definition) is 1. The summed E-state index contributed by atoms with van der Waals surface area (Å²) in [5.41, 5.74) is 0.890. The number of anilines is 1. The number of aryl methyl sites for hydroxylation is 1. The molecule has 0 aliphatic heterocycles. The third-order valence-electron chi connectivity index (χ3n) is 4.10. The highest BCUT2D eigenvalue weighted by Gasteiger charge is 2.20. The fraction of sp³-hybridized carbons (Fsp3) is 0.200. The number of carbonyl (C=O) groups is 2. The molecule has 0 fully saturated rings. The number of nitrogens with one attached hydrogen (secondary N) is 1. The summed E-state index contributed by atoms with van der Waals surface area (Å²) >= 11 is 1.13. The summed E-state index contributed by atoms with van der Waals surface area (Å²) in [6.07, 6.45) is 0. The molecule has 3 rings (SSSR count). The number of halogens is 1. The molecule has 0 saturated carbocycles. The van der Waals surface area contributed by atoms with E-state index in [1.54, 1.807) is 37.3 Å². The molecule has 3 aromatic rings. The third kappa shape index (κ3) is 3.91. The number of thiophene rings is 1. The van der Waals surface area contributed by atoms with Crippen LogP contribution in [0.25, 0.3) is 10.1 Å². The maximum absolute atomic E-state index is 14.0. The Kier molecular flexibility index (Phi) is 5.79. The van der Waals surface area contributed by atoms with E-state index in [0.29, 0.717) is 32.8 Å². The van der Waals surface area contributed by atoms with Crippen LogP contribution < -0.4 is 14.8 Å². The van der Waals surface area contributed by atoms with Crippen molar-refractivity contribution in [1.29, 1.82) is 0 Å². The smallest absolute Gasteiger partial charge is 0.349 e. The second-order valence-electron chi connectivity index (χ2n) is 5.86. The molecule has 1 N–H and O–H groups in total. The maximum atomic E-state index is 14.0. The second-order valence-corrected chi connectivity index (χ2v) is 6.91. The van der Waals surface area contributed by atoms with Gasteiger partial charge >= 0.3 is 5.97 Å². The van der Waals surface area contributed by atoms with E-state index in [1.807, 2.05) is 0 Å². The first-order chi connectivity index (χ1) is 13.4. The van der Waals surface area contributed by atoms with E-state index >= 15 is 0 Å². The number of rotatable bonds is 6. The molecule has 0 radical (unpaired) electrons. The Morgan fingerprint density at radius 1 is 1.14 bits per heavy atom. The Hall–Kier alpha value is -3.13. The van der Waals surface area contributed by atoms with Gasteiger partial charge in [0, 0.05) is 16.2 Å². The van der Waals surface area contributed by atoms with Gasteiger partial charge in [-0.25, -0.2) is 9.18 Å². The number of carbonyl (C=O) groups excluding carboxylic acids is 2. The number of hydrogen-bond acceptors (Lipinski definition) is 6. The summed E-state index contributed by atoms with van der Waals surface area (Å²) in [5, 5.41) is 3.01. The van der Waals surface area contributed by atoms with Crippen LogP contribution in [-0.2, 0) is 9.53 Å². The van der Waals surface area contributed by atoms with Crippen molar-refractivity contribution in [3.8, 4) is 11.5 Å². The quantitative estimate of drug-likeness (QED) is 0.626. The molecule has 0 unspecified atom stereocenters. The number of fused-ring (bicyclic) bond motifs is 1. The first-order valence-electron chi connectivity index (χ1n) is 8.31. The summed E-state index contributed by atoms with van der Waals surface area (Å²) < 4.78 is 30.0. The fourth-order valence-corrected chi connectivity index (χ4v) is 3.86. The van der Waals surface area contributed by atoms with Crippen LogP contribution in [0, 0.1) is 12.7 Å². The van der Waals surface area contributed by atoms with Crippen molar-refractivity contribution < 1.29 is 28.2 Å². The largest absolute Gasteiger partial charge is 0.497 e. The average molecular weight is 403 g/mol. The van der Waals surface area contributed by atoms with Gasteiger partial charge in [0.2, 0.25) is 0 Å². The van der Waals surface area contributed by atoms with Crippen LogP contribution in [-0.4, -0.2) is 32.7 Å². The Bertz CT molecular complexity index is 1050. The van der Waals surface area contributed by atoms with Crippen LogP contribution >= 0.6 is 11.3 Å². The lowest BCUT2D eigenvalue weighted by atomic mass is 10.1. The molecule has 8 heteroatoms. The van der Waals surface area contributed by atoms with E-state index in [2.05, 4.69) is 5.32 Å². The lowest BCUT2D eigenvalue weighted by Gasteiger charge is -2.11. The Morgan fingerprint density at radius 2 is 1.93 bits per heavy atom. The molecule has 28 heavy (non-hydrogen) atoms. The minimum absolute atomic E-state index is 0.270. The van der Waals surface area contributed by atoms with Crippen molar-refractivity contribution in [1.82, 2.24) is 0 Å². The zero-order chi connectivity index (χ0) is 20.3. The van der Waals surface area contributed by atoms with Crippen LogP contribution in [0.15, 0.2) is 36.4 Å². The molecule has 0 bridgehead atoms. The van der Waals surface area contributed by atoms with Crippen molar-refractivity contribution >= 4 is 39.0 Å². The molecule has 6 nitrogen and oxygen atoms in total. The Labute approximate surface area is 164 Å². The van der Waals surface area contributed by atoms with Gasteiger partial charge in [-0.05, 0) is 36.8 Å². The summed E-state index contributed by atoms with van der Waals surface area (Å²) in [7, 11) is 2.98. The molecule has 0 saturated heterocycles. The summed E-state index contributed by atoms with van der Waals surface area (Å²) in [4.78, 5) is 24.8. The van der Waals surface area contributed by atoms with E-state index in [1.165, 1.54) is 20.3 Å². The minimum atomic E-state index is -0.675. The molecular weight excluding hydrogens is 385 g/mol. The van der Waals surface area contributed by atoms with Gasteiger partial charge in [0.25, 0.3) is 5.91 Å². The number of benzene rings is 2. The molecule has 146 valence electrons. The fourth-order valence-electron chi connectivity index (χ4n) is 2.74. The minimum Gasteiger partial charge on any atom is -0.497 e. The van der Waals surface area contributed by atoms with Gasteiger partial charge in [-0.2, -0.15) is 0 Å². The zero-order valence-electron chi connectivity index (χ0n) is 15.5. The molecule has 2 aromatic carbocycles. The van der Waals surface area contributed by atoms with Crippen LogP contribution in [0.3, 0.4) is 0 Å². The summed E-state index contributed by atoms with van der Waals surface area (Å²) in [6, 6.07) is 9.59. The predicted octanol–water partition coefficient (Wildman–Crippen LogP) is 4.16. The molecule has 0 aliphatic carbocycles. The number of methoxy groups -OCH3 is 2. The molecule has 1 heterocycles. The van der Waals surface area contributed by atoms with Gasteiger partial charge < -0.3 is 19.5 Å². The van der Waals surface area contributed by atoms with E-state index in [4.69, 9.17) is 14.2 Å². The average Bonchev–Trinajstić information content (AvgIpc) is 3.04. The predicted molar refractivity (Wildman–Crippen MR) is 105 cm³/mol. The molecule has 0 spiro atoms. The van der Waals surface area contributed by atoms with Gasteiger partial charge in [0.15, 0.2) is 6.61 Å². The maximum Gasteiger partial charge on any atom is 0.349 e. The lowest BCUT2D eigenvalue weighted by molar-refractivity contribution is -0.119. The summed E-state index contributed by atoms with van der Waals surface area (Å²) in [5.74, 6) is -0.629. The monoisotopic (exact) mass is 403 g/mol. The molecule has 0 aliphatic rings. The lowest BCUT2D eigenvalue weighted by Crippen LogP contribution is -2.21. The van der Waals surface area contributed by atoms with E-state index in [0.717, 1.165) is 11.3 Å². The van der Waals surface area contributed by atoms with Crippen molar-refractivity contribution in [2.24, 2.45) is 0 Å². The highest BCUT2D eigenvalue weighted by atomic mass is 32.1. The SMILES string of the molecule is COc1ccc(OC)c(NC(=O)COC(=O)c2sc3cccc(F)c3c2C)c1. The van der Waals surface area contributed by atoms with Gasteiger partial charge in [-0.3, -0.25) is 4.79 Å². The van der Waals surface area contributed by atoms with Crippen LogP contribution in [0.5, 0.6) is 11.5 Å². The van der Waals surface area contributed by atoms with Crippen molar-refractivity contribution in [3.05, 3.63) is 52.7 Å². The number of esters is 1. The molecule has 1 aromatic heterocycles. The van der Waals surface area contributed by atoms with E-state index in [-0.39, 0.29) is 4.88 Å². The Balaban J connectivity index is 1.69. The highest BCUT2D eigenvalue weighted by molar-refractivity contribution is 7.21.